The summed E-state index contributed by atoms with van der Waals surface area (Å²) >= 11 is 1.52. The van der Waals surface area contributed by atoms with Gasteiger partial charge in [-0.1, -0.05) is 31.2 Å². The highest BCUT2D eigenvalue weighted by Crippen LogP contribution is 2.26. The van der Waals surface area contributed by atoms with Crippen LogP contribution in [0.2, 0.25) is 0 Å². The fraction of sp³-hybridized carbons (Fsp3) is 0.238. The summed E-state index contributed by atoms with van der Waals surface area (Å²) in [5.41, 5.74) is 3.80. The van der Waals surface area contributed by atoms with Crippen LogP contribution in [-0.4, -0.2) is 36.4 Å². The number of aromatic nitrogens is 2. The number of benzene rings is 2. The first-order valence-corrected chi connectivity index (χ1v) is 11.7. The SMILES string of the molecule is CCc1ccc(-c2nc(Cn3c(=O)oc4cc(S(=O)(=O)N(C)C)ccc43)cs2)cc1. The molecule has 0 aliphatic rings. The molecule has 9 heteroatoms. The molecule has 0 bridgehead atoms. The zero-order valence-electron chi connectivity index (χ0n) is 16.8. The molecule has 0 radical (unpaired) electrons. The van der Waals surface area contributed by atoms with E-state index < -0.39 is 15.8 Å². The number of sulfonamides is 1. The van der Waals surface area contributed by atoms with Gasteiger partial charge in [0.25, 0.3) is 0 Å². The molecule has 4 aromatic rings. The molecule has 0 N–H and O–H groups in total. The molecular formula is C21H21N3O4S2. The van der Waals surface area contributed by atoms with E-state index in [1.54, 1.807) is 6.07 Å². The number of oxazole rings is 1. The van der Waals surface area contributed by atoms with Gasteiger partial charge in [0, 0.05) is 31.1 Å². The third-order valence-electron chi connectivity index (χ3n) is 4.90. The summed E-state index contributed by atoms with van der Waals surface area (Å²) < 4.78 is 32.5. The summed E-state index contributed by atoms with van der Waals surface area (Å²) in [6.07, 6.45) is 0.984. The Balaban J connectivity index is 1.65. The maximum atomic E-state index is 12.4. The summed E-state index contributed by atoms with van der Waals surface area (Å²) in [5, 5.41) is 2.80. The van der Waals surface area contributed by atoms with E-state index in [0.717, 1.165) is 27.0 Å². The van der Waals surface area contributed by atoms with Crippen LogP contribution < -0.4 is 5.76 Å². The minimum absolute atomic E-state index is 0.0763. The van der Waals surface area contributed by atoms with Crippen molar-refractivity contribution in [1.82, 2.24) is 13.9 Å². The molecular weight excluding hydrogens is 422 g/mol. The van der Waals surface area contributed by atoms with Gasteiger partial charge >= 0.3 is 5.76 Å². The Morgan fingerprint density at radius 1 is 1.13 bits per heavy atom. The molecule has 4 rings (SSSR count). The van der Waals surface area contributed by atoms with E-state index in [2.05, 4.69) is 24.0 Å². The average molecular weight is 444 g/mol. The number of hydrogen-bond acceptors (Lipinski definition) is 6. The number of aryl methyl sites for hydroxylation is 1. The quantitative estimate of drug-likeness (QED) is 0.455. The topological polar surface area (TPSA) is 85.4 Å². The number of thiazole rings is 1. The van der Waals surface area contributed by atoms with Gasteiger partial charge in [-0.15, -0.1) is 11.3 Å². The molecule has 30 heavy (non-hydrogen) atoms. The minimum Gasteiger partial charge on any atom is -0.408 e. The summed E-state index contributed by atoms with van der Waals surface area (Å²) in [5.74, 6) is -0.550. The van der Waals surface area contributed by atoms with Crippen molar-refractivity contribution in [3.63, 3.8) is 0 Å². The molecule has 0 fully saturated rings. The highest BCUT2D eigenvalue weighted by molar-refractivity contribution is 7.89. The van der Waals surface area contributed by atoms with Crippen LogP contribution in [0.5, 0.6) is 0 Å². The molecule has 0 amide bonds. The summed E-state index contributed by atoms with van der Waals surface area (Å²) in [6.45, 7) is 2.36. The first-order chi connectivity index (χ1) is 14.3. The molecule has 2 aromatic heterocycles. The lowest BCUT2D eigenvalue weighted by Crippen LogP contribution is -2.22. The third kappa shape index (κ3) is 3.71. The molecule has 2 aromatic carbocycles. The smallest absolute Gasteiger partial charge is 0.408 e. The zero-order valence-corrected chi connectivity index (χ0v) is 18.5. The highest BCUT2D eigenvalue weighted by atomic mass is 32.2. The predicted molar refractivity (Wildman–Crippen MR) is 117 cm³/mol. The second kappa shape index (κ2) is 7.82. The molecule has 0 saturated heterocycles. The molecule has 2 heterocycles. The highest BCUT2D eigenvalue weighted by Gasteiger charge is 2.20. The fourth-order valence-corrected chi connectivity index (χ4v) is 4.86. The van der Waals surface area contributed by atoms with Crippen LogP contribution in [0.1, 0.15) is 18.2 Å². The van der Waals surface area contributed by atoms with Gasteiger partial charge in [-0.3, -0.25) is 4.57 Å². The lowest BCUT2D eigenvalue weighted by molar-refractivity contribution is 0.512. The van der Waals surface area contributed by atoms with E-state index in [1.165, 1.54) is 47.7 Å². The Morgan fingerprint density at radius 3 is 2.53 bits per heavy atom. The van der Waals surface area contributed by atoms with Crippen molar-refractivity contribution in [2.75, 3.05) is 14.1 Å². The first kappa shape index (κ1) is 20.5. The van der Waals surface area contributed by atoms with Gasteiger partial charge in [-0.25, -0.2) is 22.5 Å². The van der Waals surface area contributed by atoms with Crippen molar-refractivity contribution in [3.05, 3.63) is 69.7 Å². The predicted octanol–water partition coefficient (Wildman–Crippen LogP) is 3.58. The lowest BCUT2D eigenvalue weighted by Gasteiger charge is -2.10. The van der Waals surface area contributed by atoms with Gasteiger partial charge in [0.2, 0.25) is 10.0 Å². The summed E-state index contributed by atoms with van der Waals surface area (Å²) in [6, 6.07) is 12.7. The molecule has 156 valence electrons. The van der Waals surface area contributed by atoms with Gasteiger partial charge in [-0.05, 0) is 24.1 Å². The molecule has 0 unspecified atom stereocenters. The van der Waals surface area contributed by atoms with Crippen molar-refractivity contribution in [2.24, 2.45) is 0 Å². The Kier molecular flexibility index (Phi) is 5.35. The van der Waals surface area contributed by atoms with Gasteiger partial charge in [0.1, 0.15) is 5.01 Å². The standard InChI is InChI=1S/C21H21N3O4S2/c1-4-14-5-7-15(8-6-14)20-22-16(13-29-20)12-24-18-10-9-17(30(26,27)23(2)3)11-19(18)28-21(24)25/h5-11,13H,4,12H2,1-3H3. The maximum Gasteiger partial charge on any atom is 0.420 e. The van der Waals surface area contributed by atoms with Crippen molar-refractivity contribution in [2.45, 2.75) is 24.8 Å². The van der Waals surface area contributed by atoms with Gasteiger partial charge < -0.3 is 4.42 Å². The van der Waals surface area contributed by atoms with Crippen LogP contribution in [-0.2, 0) is 23.0 Å². The van der Waals surface area contributed by atoms with Crippen molar-refractivity contribution in [3.8, 4) is 10.6 Å². The van der Waals surface area contributed by atoms with Crippen molar-refractivity contribution >= 4 is 32.5 Å². The van der Waals surface area contributed by atoms with Crippen LogP contribution in [0.3, 0.4) is 0 Å². The maximum absolute atomic E-state index is 12.4. The van der Waals surface area contributed by atoms with Crippen molar-refractivity contribution in [1.29, 1.82) is 0 Å². The number of nitrogens with zero attached hydrogens (tertiary/aromatic N) is 3. The fourth-order valence-electron chi connectivity index (χ4n) is 3.12. The van der Waals surface area contributed by atoms with Crippen LogP contribution in [0.15, 0.2) is 62.0 Å². The van der Waals surface area contributed by atoms with Crippen LogP contribution in [0, 0.1) is 0 Å². The van der Waals surface area contributed by atoms with E-state index in [0.29, 0.717) is 5.52 Å². The third-order valence-corrected chi connectivity index (χ3v) is 7.65. The Labute approximate surface area is 178 Å². The van der Waals surface area contributed by atoms with Crippen LogP contribution >= 0.6 is 11.3 Å². The summed E-state index contributed by atoms with van der Waals surface area (Å²) in [4.78, 5) is 17.1. The molecule has 0 saturated carbocycles. The number of rotatable bonds is 6. The normalized spacial score (nSPS) is 12.1. The van der Waals surface area contributed by atoms with E-state index >= 15 is 0 Å². The van der Waals surface area contributed by atoms with Crippen LogP contribution in [0.25, 0.3) is 21.7 Å². The molecule has 0 aliphatic heterocycles. The number of hydrogen-bond donors (Lipinski definition) is 0. The zero-order chi connectivity index (χ0) is 21.5. The van der Waals surface area contributed by atoms with Gasteiger partial charge in [-0.2, -0.15) is 0 Å². The second-order valence-corrected chi connectivity index (χ2v) is 10.1. The van der Waals surface area contributed by atoms with Gasteiger partial charge in [0.05, 0.1) is 22.7 Å². The Hall–Kier alpha value is -2.75. The molecule has 0 atom stereocenters. The van der Waals surface area contributed by atoms with Gasteiger partial charge in [0.15, 0.2) is 5.58 Å². The molecule has 0 spiro atoms. The van der Waals surface area contributed by atoms with E-state index in [-0.39, 0.29) is 17.0 Å². The second-order valence-electron chi connectivity index (χ2n) is 7.07. The monoisotopic (exact) mass is 443 g/mol. The van der Waals surface area contributed by atoms with E-state index in [1.807, 2.05) is 17.5 Å². The van der Waals surface area contributed by atoms with Crippen LogP contribution in [0.4, 0.5) is 0 Å². The minimum atomic E-state index is -3.61. The van der Waals surface area contributed by atoms with Crippen molar-refractivity contribution < 1.29 is 12.8 Å². The molecule has 7 nitrogen and oxygen atoms in total. The molecule has 0 aliphatic carbocycles. The van der Waals surface area contributed by atoms with E-state index in [9.17, 15) is 13.2 Å². The Morgan fingerprint density at radius 2 is 1.87 bits per heavy atom. The van der Waals surface area contributed by atoms with E-state index in [4.69, 9.17) is 4.42 Å². The number of fused-ring (bicyclic) bond motifs is 1. The largest absolute Gasteiger partial charge is 0.420 e. The summed E-state index contributed by atoms with van der Waals surface area (Å²) in [7, 11) is -0.702. The first-order valence-electron chi connectivity index (χ1n) is 9.39. The average Bonchev–Trinajstić information content (AvgIpc) is 3.32. The lowest BCUT2D eigenvalue weighted by atomic mass is 10.1. The Bertz CT molecular complexity index is 1360.